The van der Waals surface area contributed by atoms with Gasteiger partial charge in [0.25, 0.3) is 5.56 Å². The van der Waals surface area contributed by atoms with Gasteiger partial charge in [0, 0.05) is 31.3 Å². The predicted molar refractivity (Wildman–Crippen MR) is 175 cm³/mol. The molecule has 15 heteroatoms. The molecule has 6 atom stereocenters. The first-order chi connectivity index (χ1) is 23.6. The fourth-order valence-electron chi connectivity index (χ4n) is 7.87. The first kappa shape index (κ1) is 35.1. The fraction of sp³-hybridized carbons (Fsp3) is 0.514. The Morgan fingerprint density at radius 3 is 2.56 bits per heavy atom. The first-order valence-electron chi connectivity index (χ1n) is 16.5. The van der Waals surface area contributed by atoms with Gasteiger partial charge in [-0.15, -0.1) is 0 Å². The van der Waals surface area contributed by atoms with Crippen LogP contribution in [-0.2, 0) is 27.3 Å². The molecule has 3 aromatic rings. The van der Waals surface area contributed by atoms with Gasteiger partial charge in [0.2, 0.25) is 0 Å². The number of nitrogens with zero attached hydrogens (tertiary/aromatic N) is 4. The Bertz CT molecular complexity index is 1900. The van der Waals surface area contributed by atoms with Crippen LogP contribution in [0.25, 0.3) is 10.9 Å². The van der Waals surface area contributed by atoms with Gasteiger partial charge in [0.05, 0.1) is 30.4 Å². The highest BCUT2D eigenvalue weighted by Crippen LogP contribution is 2.61. The van der Waals surface area contributed by atoms with E-state index in [1.807, 2.05) is 0 Å². The van der Waals surface area contributed by atoms with Crippen molar-refractivity contribution in [2.45, 2.75) is 77.4 Å². The van der Waals surface area contributed by atoms with E-state index in [1.165, 1.54) is 29.0 Å². The molecule has 4 fully saturated rings. The zero-order chi connectivity index (χ0) is 36.1. The number of carboxylic acids is 1. The van der Waals surface area contributed by atoms with Crippen LogP contribution in [0.15, 0.2) is 52.5 Å². The van der Waals surface area contributed by atoms with Gasteiger partial charge in [0.1, 0.15) is 17.7 Å². The molecule has 50 heavy (non-hydrogen) atoms. The van der Waals surface area contributed by atoms with Crippen molar-refractivity contribution < 1.29 is 41.7 Å². The highest BCUT2D eigenvalue weighted by Gasteiger charge is 2.56. The number of aromatic nitrogens is 2. The van der Waals surface area contributed by atoms with Crippen LogP contribution in [-0.4, -0.2) is 75.5 Å². The molecule has 11 nitrogen and oxygen atoms in total. The van der Waals surface area contributed by atoms with Gasteiger partial charge in [-0.05, 0) is 72.3 Å². The molecule has 3 saturated carbocycles. The molecule has 0 amide bonds. The van der Waals surface area contributed by atoms with Crippen LogP contribution in [0.2, 0.25) is 0 Å². The minimum Gasteiger partial charge on any atom is -0.497 e. The third kappa shape index (κ3) is 6.61. The van der Waals surface area contributed by atoms with E-state index >= 15 is 0 Å². The number of guanidine groups is 1. The lowest BCUT2D eigenvalue weighted by Crippen LogP contribution is -2.57. The number of carboxylic acid groups (broad SMARTS) is 1. The SMILES string of the molecule is COc1ccc(CCn2cnc3cc(N/C(=N/C4C[C@@H]5C[C@H]([C@@H]4C)C5(C)C)N4CC[C@H](OC(=O)C(F)(F)F)[C@H]4C(=O)O)ccc3c2=O)c(F)c1. The van der Waals surface area contributed by atoms with Crippen molar-refractivity contribution in [2.75, 3.05) is 19.0 Å². The number of aryl methyl sites for hydroxylation is 2. The molecule has 2 N–H and O–H groups in total. The second kappa shape index (κ2) is 13.2. The molecule has 1 unspecified atom stereocenters. The number of methoxy groups -OCH3 is 1. The maximum atomic E-state index is 14.5. The lowest BCUT2D eigenvalue weighted by atomic mass is 9.45. The minimum atomic E-state index is -5.28. The van der Waals surface area contributed by atoms with E-state index in [-0.39, 0.29) is 54.8 Å². The van der Waals surface area contributed by atoms with E-state index in [0.717, 1.165) is 12.8 Å². The van der Waals surface area contributed by atoms with E-state index in [4.69, 9.17) is 9.73 Å². The van der Waals surface area contributed by atoms with E-state index in [2.05, 4.69) is 35.8 Å². The molecule has 0 spiro atoms. The number of esters is 1. The Morgan fingerprint density at radius 2 is 1.92 bits per heavy atom. The summed E-state index contributed by atoms with van der Waals surface area (Å²) in [6, 6.07) is 7.45. The Kier molecular flexibility index (Phi) is 9.29. The van der Waals surface area contributed by atoms with E-state index in [0.29, 0.717) is 39.7 Å². The summed E-state index contributed by atoms with van der Waals surface area (Å²) in [4.78, 5) is 48.3. The standard InChI is InChI=1S/C35H39F4N5O6/c1-18-24-13-20(34(24,2)3)14-26(18)42-33(44-12-10-28(29(44)31(46)47)50-32(48)35(37,38)39)41-21-6-8-23-27(15-21)40-17-43(30(23)45)11-9-19-5-7-22(49-4)16-25(19)36/h5-8,15-18,20,24,26,28-29H,9-14H2,1-4H3,(H,41,42)(H,46,47)/t18-,20-,24+,26?,28-,29-/m0/s1. The van der Waals surface area contributed by atoms with Crippen LogP contribution in [0.4, 0.5) is 23.2 Å². The molecule has 1 aliphatic heterocycles. The number of ether oxygens (including phenoxy) is 2. The predicted octanol–water partition coefficient (Wildman–Crippen LogP) is 5.26. The lowest BCUT2D eigenvalue weighted by molar-refractivity contribution is -0.206. The average Bonchev–Trinajstić information content (AvgIpc) is 3.48. The summed E-state index contributed by atoms with van der Waals surface area (Å²) in [7, 11) is 1.44. The molecule has 1 aromatic heterocycles. The topological polar surface area (TPSA) is 135 Å². The number of hydrogen-bond donors (Lipinski definition) is 2. The van der Waals surface area contributed by atoms with Crippen molar-refractivity contribution in [3.63, 3.8) is 0 Å². The molecule has 2 heterocycles. The zero-order valence-corrected chi connectivity index (χ0v) is 28.0. The number of benzene rings is 2. The third-order valence-electron chi connectivity index (χ3n) is 10.9. The summed E-state index contributed by atoms with van der Waals surface area (Å²) in [6.45, 7) is 6.70. The number of fused-ring (bicyclic) bond motifs is 3. The summed E-state index contributed by atoms with van der Waals surface area (Å²) in [6.07, 6.45) is -3.57. The van der Waals surface area contributed by atoms with E-state index in [9.17, 15) is 37.1 Å². The summed E-state index contributed by atoms with van der Waals surface area (Å²) in [5.74, 6) is -2.89. The largest absolute Gasteiger partial charge is 0.497 e. The smallest absolute Gasteiger partial charge is 0.490 e. The average molecular weight is 702 g/mol. The Hall–Kier alpha value is -4.69. The Labute approximate surface area is 285 Å². The molecule has 2 aromatic carbocycles. The molecular weight excluding hydrogens is 662 g/mol. The number of likely N-dealkylation sites (tertiary alicyclic amines) is 1. The molecule has 2 bridgehead atoms. The third-order valence-corrected chi connectivity index (χ3v) is 10.9. The van der Waals surface area contributed by atoms with Crippen molar-refractivity contribution in [3.05, 3.63) is 64.5 Å². The number of aliphatic carboxylic acids is 1. The number of carbonyl (C=O) groups is 2. The molecular formula is C35H39F4N5O6. The van der Waals surface area contributed by atoms with Crippen LogP contribution in [0.3, 0.4) is 0 Å². The molecule has 268 valence electrons. The number of hydrogen-bond acceptors (Lipinski definition) is 7. The normalized spacial score (nSPS) is 26.0. The second-order valence-corrected chi connectivity index (χ2v) is 14.0. The van der Waals surface area contributed by atoms with Crippen LogP contribution in [0.5, 0.6) is 5.75 Å². The lowest BCUT2D eigenvalue weighted by Gasteiger charge is -2.61. The molecule has 4 aliphatic rings. The van der Waals surface area contributed by atoms with Crippen molar-refractivity contribution in [2.24, 2.45) is 28.2 Å². The van der Waals surface area contributed by atoms with E-state index < -0.39 is 36.1 Å². The highest BCUT2D eigenvalue weighted by molar-refractivity contribution is 5.98. The van der Waals surface area contributed by atoms with Gasteiger partial charge in [-0.3, -0.25) is 9.36 Å². The number of anilines is 1. The van der Waals surface area contributed by atoms with Crippen LogP contribution >= 0.6 is 0 Å². The molecule has 0 radical (unpaired) electrons. The minimum absolute atomic E-state index is 0.0383. The molecule has 7 rings (SSSR count). The first-order valence-corrected chi connectivity index (χ1v) is 16.5. The van der Waals surface area contributed by atoms with Gasteiger partial charge in [-0.1, -0.05) is 26.8 Å². The second-order valence-electron chi connectivity index (χ2n) is 14.0. The number of carbonyl (C=O) groups excluding carboxylic acids is 1. The van der Waals surface area contributed by atoms with E-state index in [1.54, 1.807) is 30.3 Å². The fourth-order valence-corrected chi connectivity index (χ4v) is 7.87. The monoisotopic (exact) mass is 701 g/mol. The van der Waals surface area contributed by atoms with Gasteiger partial charge in [-0.25, -0.2) is 24.0 Å². The van der Waals surface area contributed by atoms with Gasteiger partial charge >= 0.3 is 18.1 Å². The number of alkyl halides is 3. The van der Waals surface area contributed by atoms with Gasteiger partial charge in [-0.2, -0.15) is 13.2 Å². The number of rotatable bonds is 8. The Morgan fingerprint density at radius 1 is 1.16 bits per heavy atom. The summed E-state index contributed by atoms with van der Waals surface area (Å²) >= 11 is 0. The quantitative estimate of drug-likeness (QED) is 0.140. The maximum Gasteiger partial charge on any atom is 0.490 e. The summed E-state index contributed by atoms with van der Waals surface area (Å²) < 4.78 is 64.7. The van der Waals surface area contributed by atoms with Gasteiger partial charge in [0.15, 0.2) is 12.0 Å². The van der Waals surface area contributed by atoms with Crippen LogP contribution < -0.4 is 15.6 Å². The van der Waals surface area contributed by atoms with Crippen molar-refractivity contribution >= 4 is 34.5 Å². The highest BCUT2D eigenvalue weighted by atomic mass is 19.4. The van der Waals surface area contributed by atoms with Gasteiger partial charge < -0.3 is 24.8 Å². The molecule has 1 saturated heterocycles. The summed E-state index contributed by atoms with van der Waals surface area (Å²) in [5, 5.41) is 13.6. The summed E-state index contributed by atoms with van der Waals surface area (Å²) in [5.41, 5.74) is 0.951. The van der Waals surface area contributed by atoms with Crippen molar-refractivity contribution in [3.8, 4) is 5.75 Å². The van der Waals surface area contributed by atoms with Crippen LogP contribution in [0, 0.1) is 29.0 Å². The van der Waals surface area contributed by atoms with Crippen LogP contribution in [0.1, 0.15) is 45.6 Å². The zero-order valence-electron chi connectivity index (χ0n) is 28.0. The van der Waals surface area contributed by atoms with Crippen molar-refractivity contribution in [1.29, 1.82) is 0 Å². The Balaban J connectivity index is 1.28. The van der Waals surface area contributed by atoms with Crippen molar-refractivity contribution in [1.82, 2.24) is 14.5 Å². The number of nitrogens with one attached hydrogen (secondary N) is 1. The number of halogens is 4. The number of aliphatic imine (C=N–C) groups is 1. The maximum absolute atomic E-state index is 14.5. The molecule has 3 aliphatic carbocycles.